The van der Waals surface area contributed by atoms with Crippen LogP contribution in [0.15, 0.2) is 22.7 Å². The van der Waals surface area contributed by atoms with Gasteiger partial charge in [-0.25, -0.2) is 0 Å². The second kappa shape index (κ2) is 4.80. The number of hydrogen-bond donors (Lipinski definition) is 1. The second-order valence-corrected chi connectivity index (χ2v) is 4.23. The number of benzene rings is 1. The lowest BCUT2D eigenvalue weighted by atomic mass is 9.97. The molecule has 2 nitrogen and oxygen atoms in total. The van der Waals surface area contributed by atoms with E-state index in [4.69, 9.17) is 16.7 Å². The van der Waals surface area contributed by atoms with Crippen LogP contribution < -0.4 is 0 Å². The summed E-state index contributed by atoms with van der Waals surface area (Å²) in [6.07, 6.45) is 0.573. The van der Waals surface area contributed by atoms with Gasteiger partial charge in [0.2, 0.25) is 0 Å². The maximum absolute atomic E-state index is 10.9. The second-order valence-electron chi connectivity index (χ2n) is 2.97. The minimum absolute atomic E-state index is 0.455. The maximum atomic E-state index is 10.9. The van der Waals surface area contributed by atoms with E-state index < -0.39 is 11.9 Å². The highest BCUT2D eigenvalue weighted by Gasteiger charge is 2.17. The molecule has 1 rings (SSSR count). The zero-order valence-electron chi connectivity index (χ0n) is 7.63. The van der Waals surface area contributed by atoms with Crippen LogP contribution in [0.4, 0.5) is 0 Å². The number of rotatable bonds is 3. The van der Waals surface area contributed by atoms with Crippen LogP contribution in [0.1, 0.15) is 24.8 Å². The zero-order valence-corrected chi connectivity index (χ0v) is 9.97. The molecule has 0 saturated heterocycles. The Morgan fingerprint density at radius 2 is 2.29 bits per heavy atom. The Bertz CT molecular complexity index is 352. The molecule has 0 spiro atoms. The molecule has 0 aliphatic carbocycles. The molecule has 1 unspecified atom stereocenters. The van der Waals surface area contributed by atoms with Gasteiger partial charge < -0.3 is 5.11 Å². The highest BCUT2D eigenvalue weighted by Crippen LogP contribution is 2.28. The average Bonchev–Trinajstić information content (AvgIpc) is 2.11. The standard InChI is InChI=1S/C10H10BrClO2/c1-2-7(10(13)14)6-3-4-9(12)8(11)5-6/h3-5,7H,2H2,1H3,(H,13,14). The highest BCUT2D eigenvalue weighted by molar-refractivity contribution is 9.10. The van der Waals surface area contributed by atoms with Crippen molar-refractivity contribution in [1.29, 1.82) is 0 Å². The first-order valence-electron chi connectivity index (χ1n) is 4.24. The molecule has 1 aromatic rings. The van der Waals surface area contributed by atoms with Crippen molar-refractivity contribution in [3.63, 3.8) is 0 Å². The molecule has 0 bridgehead atoms. The molecule has 0 saturated carbocycles. The Morgan fingerprint density at radius 3 is 2.71 bits per heavy atom. The normalized spacial score (nSPS) is 12.5. The first-order chi connectivity index (χ1) is 6.56. The van der Waals surface area contributed by atoms with E-state index in [9.17, 15) is 4.79 Å². The maximum Gasteiger partial charge on any atom is 0.310 e. The lowest BCUT2D eigenvalue weighted by molar-refractivity contribution is -0.138. The number of carboxylic acids is 1. The van der Waals surface area contributed by atoms with E-state index in [2.05, 4.69) is 15.9 Å². The van der Waals surface area contributed by atoms with E-state index in [0.717, 1.165) is 10.0 Å². The Hall–Kier alpha value is -0.540. The van der Waals surface area contributed by atoms with Crippen LogP contribution in [0, 0.1) is 0 Å². The number of carbonyl (C=O) groups is 1. The third-order valence-corrected chi connectivity index (χ3v) is 3.27. The minimum atomic E-state index is -0.804. The van der Waals surface area contributed by atoms with Crippen LogP contribution in [-0.2, 0) is 4.79 Å². The molecule has 14 heavy (non-hydrogen) atoms. The summed E-state index contributed by atoms with van der Waals surface area (Å²) in [5.74, 6) is -1.26. The van der Waals surface area contributed by atoms with E-state index in [1.807, 2.05) is 6.92 Å². The van der Waals surface area contributed by atoms with Crippen LogP contribution in [0.5, 0.6) is 0 Å². The summed E-state index contributed by atoms with van der Waals surface area (Å²) >= 11 is 9.08. The SMILES string of the molecule is CCC(C(=O)O)c1ccc(Cl)c(Br)c1. The van der Waals surface area contributed by atoms with Crippen molar-refractivity contribution in [3.05, 3.63) is 33.3 Å². The quantitative estimate of drug-likeness (QED) is 0.915. The summed E-state index contributed by atoms with van der Waals surface area (Å²) in [7, 11) is 0. The number of aliphatic carboxylic acids is 1. The van der Waals surface area contributed by atoms with E-state index >= 15 is 0 Å². The number of carboxylic acid groups (broad SMARTS) is 1. The predicted molar refractivity (Wildman–Crippen MR) is 59.8 cm³/mol. The predicted octanol–water partition coefficient (Wildman–Crippen LogP) is 3.68. The zero-order chi connectivity index (χ0) is 10.7. The fraction of sp³-hybridized carbons (Fsp3) is 0.300. The minimum Gasteiger partial charge on any atom is -0.481 e. The summed E-state index contributed by atoms with van der Waals surface area (Å²) in [6.45, 7) is 1.85. The molecule has 1 N–H and O–H groups in total. The molecule has 0 aliphatic rings. The first kappa shape index (κ1) is 11.5. The van der Waals surface area contributed by atoms with Crippen molar-refractivity contribution in [3.8, 4) is 0 Å². The van der Waals surface area contributed by atoms with E-state index in [0.29, 0.717) is 11.4 Å². The van der Waals surface area contributed by atoms with Crippen molar-refractivity contribution in [2.75, 3.05) is 0 Å². The molecule has 76 valence electrons. The molecule has 0 heterocycles. The van der Waals surface area contributed by atoms with Gasteiger partial charge in [-0.05, 0) is 40.0 Å². The molecule has 0 aromatic heterocycles. The molecular weight excluding hydrogens is 267 g/mol. The van der Waals surface area contributed by atoms with Gasteiger partial charge in [-0.2, -0.15) is 0 Å². The van der Waals surface area contributed by atoms with Gasteiger partial charge in [-0.3, -0.25) is 4.79 Å². The van der Waals surface area contributed by atoms with Gasteiger partial charge in [0.1, 0.15) is 0 Å². The molecule has 1 aromatic carbocycles. The Morgan fingerprint density at radius 1 is 1.64 bits per heavy atom. The van der Waals surface area contributed by atoms with Crippen molar-refractivity contribution >= 4 is 33.5 Å². The summed E-state index contributed by atoms with van der Waals surface area (Å²) in [5, 5.41) is 9.53. The number of halogens is 2. The van der Waals surface area contributed by atoms with Crippen LogP contribution in [-0.4, -0.2) is 11.1 Å². The van der Waals surface area contributed by atoms with Crippen molar-refractivity contribution in [2.24, 2.45) is 0 Å². The van der Waals surface area contributed by atoms with E-state index in [1.54, 1.807) is 18.2 Å². The van der Waals surface area contributed by atoms with Gasteiger partial charge in [-0.1, -0.05) is 24.6 Å². The van der Waals surface area contributed by atoms with Crippen molar-refractivity contribution in [1.82, 2.24) is 0 Å². The molecule has 0 fully saturated rings. The average molecular weight is 278 g/mol. The molecule has 0 radical (unpaired) electrons. The van der Waals surface area contributed by atoms with Gasteiger partial charge in [0.25, 0.3) is 0 Å². The van der Waals surface area contributed by atoms with Crippen molar-refractivity contribution in [2.45, 2.75) is 19.3 Å². The summed E-state index contributed by atoms with van der Waals surface area (Å²) in [5.41, 5.74) is 0.774. The van der Waals surface area contributed by atoms with E-state index in [-0.39, 0.29) is 0 Å². The summed E-state index contributed by atoms with van der Waals surface area (Å²) in [6, 6.07) is 5.20. The number of hydrogen-bond acceptors (Lipinski definition) is 1. The fourth-order valence-corrected chi connectivity index (χ4v) is 1.80. The molecule has 0 aliphatic heterocycles. The molecule has 1 atom stereocenters. The topological polar surface area (TPSA) is 37.3 Å². The summed E-state index contributed by atoms with van der Waals surface area (Å²) in [4.78, 5) is 10.9. The first-order valence-corrected chi connectivity index (χ1v) is 5.41. The fourth-order valence-electron chi connectivity index (χ4n) is 1.28. The van der Waals surface area contributed by atoms with Gasteiger partial charge in [-0.15, -0.1) is 0 Å². The van der Waals surface area contributed by atoms with Gasteiger partial charge >= 0.3 is 5.97 Å². The van der Waals surface area contributed by atoms with Crippen LogP contribution >= 0.6 is 27.5 Å². The monoisotopic (exact) mass is 276 g/mol. The van der Waals surface area contributed by atoms with Crippen LogP contribution in [0.3, 0.4) is 0 Å². The largest absolute Gasteiger partial charge is 0.481 e. The van der Waals surface area contributed by atoms with Crippen molar-refractivity contribution < 1.29 is 9.90 Å². The summed E-state index contributed by atoms with van der Waals surface area (Å²) < 4.78 is 0.733. The Labute approximate surface area is 96.0 Å². The van der Waals surface area contributed by atoms with Gasteiger partial charge in [0, 0.05) is 4.47 Å². The lowest BCUT2D eigenvalue weighted by Gasteiger charge is -2.10. The Kier molecular flexibility index (Phi) is 3.96. The van der Waals surface area contributed by atoms with Gasteiger partial charge in [0.05, 0.1) is 10.9 Å². The Balaban J connectivity index is 3.06. The van der Waals surface area contributed by atoms with Crippen LogP contribution in [0.25, 0.3) is 0 Å². The third-order valence-electron chi connectivity index (χ3n) is 2.05. The molecule has 0 amide bonds. The third kappa shape index (κ3) is 2.49. The van der Waals surface area contributed by atoms with Crippen LogP contribution in [0.2, 0.25) is 5.02 Å². The molecular formula is C10H10BrClO2. The smallest absolute Gasteiger partial charge is 0.310 e. The molecule has 4 heteroatoms. The highest BCUT2D eigenvalue weighted by atomic mass is 79.9. The van der Waals surface area contributed by atoms with Gasteiger partial charge in [0.15, 0.2) is 0 Å². The van der Waals surface area contributed by atoms with E-state index in [1.165, 1.54) is 0 Å². The lowest BCUT2D eigenvalue weighted by Crippen LogP contribution is -2.10.